The average Bonchev–Trinajstić information content (AvgIpc) is 2.25. The van der Waals surface area contributed by atoms with Gasteiger partial charge in [-0.3, -0.25) is 4.79 Å². The molecule has 1 aromatic carbocycles. The summed E-state index contributed by atoms with van der Waals surface area (Å²) in [5, 5.41) is 2.85. The third-order valence-corrected chi connectivity index (χ3v) is 2.19. The molecule has 0 atom stereocenters. The van der Waals surface area contributed by atoms with E-state index >= 15 is 0 Å². The number of hydrogen-bond acceptors (Lipinski definition) is 1. The van der Waals surface area contributed by atoms with Crippen molar-refractivity contribution in [1.29, 1.82) is 0 Å². The largest absolute Gasteiger partial charge is 0.412 e. The van der Waals surface area contributed by atoms with E-state index in [9.17, 15) is 4.79 Å². The molecule has 1 aromatic rings. The van der Waals surface area contributed by atoms with Crippen LogP contribution in [0.15, 0.2) is 24.3 Å². The number of nitrogens with one attached hydrogen (secondary N) is 1. The Balaban J connectivity index is 0.000000845. The van der Waals surface area contributed by atoms with Gasteiger partial charge in [0.2, 0.25) is 5.91 Å². The molecule has 4 heteroatoms. The lowest BCUT2D eigenvalue weighted by atomic mass is 10.0. The molecule has 0 radical (unpaired) electrons. The molecule has 5 N–H and O–H groups in total. The quantitative estimate of drug-likeness (QED) is 0.582. The highest BCUT2D eigenvalue weighted by molar-refractivity contribution is 5.79. The van der Waals surface area contributed by atoms with Crippen LogP contribution in [-0.4, -0.2) is 23.4 Å². The van der Waals surface area contributed by atoms with Gasteiger partial charge in [0.1, 0.15) is 0 Å². The molecule has 0 saturated carbocycles. The van der Waals surface area contributed by atoms with Crippen LogP contribution in [-0.2, 0) is 17.6 Å². The minimum Gasteiger partial charge on any atom is -0.412 e. The number of rotatable bonds is 0. The van der Waals surface area contributed by atoms with Crippen LogP contribution >= 0.6 is 0 Å². The molecule has 1 aliphatic rings. The summed E-state index contributed by atoms with van der Waals surface area (Å²) in [6.07, 6.45) is 1.50. The van der Waals surface area contributed by atoms with Crippen molar-refractivity contribution in [2.75, 3.05) is 6.54 Å². The second-order valence-electron chi connectivity index (χ2n) is 3.05. The minimum absolute atomic E-state index is 0. The zero-order valence-corrected chi connectivity index (χ0v) is 7.84. The number of carbonyl (C=O) groups is 1. The number of carbonyl (C=O) groups excluding carboxylic acids is 1. The lowest BCUT2D eigenvalue weighted by molar-refractivity contribution is -0.120. The average molecular weight is 197 g/mol. The standard InChI is InChI=1S/C10H11NO.2H2O/c12-10-7-9-4-2-1-3-8(9)5-6-11-10;;/h1-4H,5-7H2,(H,11,12);2*1H2. The van der Waals surface area contributed by atoms with Crippen molar-refractivity contribution in [1.82, 2.24) is 5.32 Å². The number of benzene rings is 1. The fourth-order valence-corrected chi connectivity index (χ4v) is 1.55. The Morgan fingerprint density at radius 3 is 2.43 bits per heavy atom. The van der Waals surface area contributed by atoms with Gasteiger partial charge in [0.25, 0.3) is 0 Å². The van der Waals surface area contributed by atoms with E-state index in [-0.39, 0.29) is 16.9 Å². The molecule has 2 rings (SSSR count). The highest BCUT2D eigenvalue weighted by atomic mass is 16.1. The molecular weight excluding hydrogens is 182 g/mol. The van der Waals surface area contributed by atoms with Crippen LogP contribution in [0.25, 0.3) is 0 Å². The first-order chi connectivity index (χ1) is 5.86. The van der Waals surface area contributed by atoms with Gasteiger partial charge in [-0.25, -0.2) is 0 Å². The van der Waals surface area contributed by atoms with Crippen molar-refractivity contribution in [2.24, 2.45) is 0 Å². The Morgan fingerprint density at radius 2 is 1.71 bits per heavy atom. The molecule has 1 heterocycles. The minimum atomic E-state index is 0. The first kappa shape index (κ1) is 12.6. The van der Waals surface area contributed by atoms with Crippen molar-refractivity contribution in [3.8, 4) is 0 Å². The zero-order valence-electron chi connectivity index (χ0n) is 7.84. The Bertz CT molecular complexity index is 312. The van der Waals surface area contributed by atoms with Gasteiger partial charge >= 0.3 is 0 Å². The van der Waals surface area contributed by atoms with Gasteiger partial charge in [-0.1, -0.05) is 24.3 Å². The second kappa shape index (κ2) is 5.36. The van der Waals surface area contributed by atoms with Gasteiger partial charge in [-0.2, -0.15) is 0 Å². The molecular formula is C10H15NO3. The first-order valence-corrected chi connectivity index (χ1v) is 4.20. The zero-order chi connectivity index (χ0) is 8.39. The fourth-order valence-electron chi connectivity index (χ4n) is 1.55. The summed E-state index contributed by atoms with van der Waals surface area (Å²) < 4.78 is 0. The molecule has 1 aliphatic heterocycles. The maximum Gasteiger partial charge on any atom is 0.224 e. The van der Waals surface area contributed by atoms with E-state index in [0.717, 1.165) is 13.0 Å². The number of amides is 1. The Hall–Kier alpha value is -1.39. The van der Waals surface area contributed by atoms with E-state index < -0.39 is 0 Å². The molecule has 14 heavy (non-hydrogen) atoms. The fraction of sp³-hybridized carbons (Fsp3) is 0.300. The first-order valence-electron chi connectivity index (χ1n) is 4.20. The summed E-state index contributed by atoms with van der Waals surface area (Å²) in [6, 6.07) is 8.13. The third kappa shape index (κ3) is 2.55. The summed E-state index contributed by atoms with van der Waals surface area (Å²) in [6.45, 7) is 0.774. The number of hydrogen-bond donors (Lipinski definition) is 1. The van der Waals surface area contributed by atoms with E-state index in [1.807, 2.05) is 18.2 Å². The molecule has 0 unspecified atom stereocenters. The van der Waals surface area contributed by atoms with Crippen LogP contribution in [0.2, 0.25) is 0 Å². The highest BCUT2D eigenvalue weighted by Gasteiger charge is 2.10. The molecule has 0 aromatic heterocycles. The molecule has 1 amide bonds. The molecule has 0 saturated heterocycles. The van der Waals surface area contributed by atoms with Crippen LogP contribution in [0.3, 0.4) is 0 Å². The SMILES string of the molecule is O.O.O=C1Cc2ccccc2CCN1. The summed E-state index contributed by atoms with van der Waals surface area (Å²) in [7, 11) is 0. The van der Waals surface area contributed by atoms with E-state index in [2.05, 4.69) is 11.4 Å². The van der Waals surface area contributed by atoms with Crippen LogP contribution in [0.1, 0.15) is 11.1 Å². The van der Waals surface area contributed by atoms with Crippen LogP contribution in [0, 0.1) is 0 Å². The Morgan fingerprint density at radius 1 is 1.07 bits per heavy atom. The van der Waals surface area contributed by atoms with Gasteiger partial charge < -0.3 is 16.3 Å². The lowest BCUT2D eigenvalue weighted by Crippen LogP contribution is -2.24. The monoisotopic (exact) mass is 197 g/mol. The lowest BCUT2D eigenvalue weighted by Gasteiger charge is -2.00. The van der Waals surface area contributed by atoms with Crippen molar-refractivity contribution in [2.45, 2.75) is 12.8 Å². The summed E-state index contributed by atoms with van der Waals surface area (Å²) >= 11 is 0. The molecule has 0 aliphatic carbocycles. The van der Waals surface area contributed by atoms with Gasteiger partial charge in [0, 0.05) is 6.54 Å². The predicted octanol–water partition coefficient (Wildman–Crippen LogP) is -0.748. The Labute approximate surface area is 82.6 Å². The molecule has 0 bridgehead atoms. The van der Waals surface area contributed by atoms with Crippen LogP contribution < -0.4 is 5.32 Å². The van der Waals surface area contributed by atoms with Gasteiger partial charge in [-0.05, 0) is 17.5 Å². The van der Waals surface area contributed by atoms with Gasteiger partial charge in [0.15, 0.2) is 0 Å². The molecule has 78 valence electrons. The van der Waals surface area contributed by atoms with Gasteiger partial charge in [-0.15, -0.1) is 0 Å². The maximum atomic E-state index is 11.1. The Kier molecular flexibility index (Phi) is 4.83. The smallest absolute Gasteiger partial charge is 0.224 e. The highest BCUT2D eigenvalue weighted by Crippen LogP contribution is 2.11. The third-order valence-electron chi connectivity index (χ3n) is 2.19. The van der Waals surface area contributed by atoms with Crippen LogP contribution in [0.4, 0.5) is 0 Å². The van der Waals surface area contributed by atoms with E-state index in [1.54, 1.807) is 0 Å². The van der Waals surface area contributed by atoms with E-state index in [0.29, 0.717) is 6.42 Å². The van der Waals surface area contributed by atoms with Crippen molar-refractivity contribution in [3.05, 3.63) is 35.4 Å². The van der Waals surface area contributed by atoms with Crippen LogP contribution in [0.5, 0.6) is 0 Å². The van der Waals surface area contributed by atoms with E-state index in [4.69, 9.17) is 0 Å². The van der Waals surface area contributed by atoms with Gasteiger partial charge in [0.05, 0.1) is 6.42 Å². The van der Waals surface area contributed by atoms with Crippen molar-refractivity contribution in [3.63, 3.8) is 0 Å². The summed E-state index contributed by atoms with van der Waals surface area (Å²) in [4.78, 5) is 11.1. The molecule has 0 fully saturated rings. The van der Waals surface area contributed by atoms with Crippen molar-refractivity contribution < 1.29 is 15.7 Å². The molecule has 0 spiro atoms. The maximum absolute atomic E-state index is 11.1. The summed E-state index contributed by atoms with van der Waals surface area (Å²) in [5.74, 6) is 0.139. The predicted molar refractivity (Wildman–Crippen MR) is 54.1 cm³/mol. The second-order valence-corrected chi connectivity index (χ2v) is 3.05. The van der Waals surface area contributed by atoms with Crippen molar-refractivity contribution >= 4 is 5.91 Å². The summed E-state index contributed by atoms with van der Waals surface area (Å²) in [5.41, 5.74) is 2.48. The van der Waals surface area contributed by atoms with E-state index in [1.165, 1.54) is 11.1 Å². The number of fused-ring (bicyclic) bond motifs is 1. The molecule has 4 nitrogen and oxygen atoms in total. The normalized spacial score (nSPS) is 13.9. The topological polar surface area (TPSA) is 92.1 Å².